The number of ether oxygens (including phenoxy) is 2. The predicted octanol–water partition coefficient (Wildman–Crippen LogP) is 2.85. The van der Waals surface area contributed by atoms with Crippen LogP contribution in [0.5, 0.6) is 11.5 Å². The van der Waals surface area contributed by atoms with Gasteiger partial charge in [0.25, 0.3) is 0 Å². The van der Waals surface area contributed by atoms with Crippen LogP contribution in [-0.4, -0.2) is 32.3 Å². The summed E-state index contributed by atoms with van der Waals surface area (Å²) >= 11 is 0. The fourth-order valence-corrected chi connectivity index (χ4v) is 2.69. The SMILES string of the molecule is COc1cc2nccc(N3CCCC3)c2cc1OC. The molecule has 100 valence electrons. The van der Waals surface area contributed by atoms with Crippen molar-refractivity contribution in [2.75, 3.05) is 32.2 Å². The second-order valence-electron chi connectivity index (χ2n) is 4.75. The number of pyridine rings is 1. The maximum Gasteiger partial charge on any atom is 0.162 e. The van der Waals surface area contributed by atoms with Crippen molar-refractivity contribution in [2.24, 2.45) is 0 Å². The van der Waals surface area contributed by atoms with Gasteiger partial charge in [0, 0.05) is 36.4 Å². The topological polar surface area (TPSA) is 34.6 Å². The van der Waals surface area contributed by atoms with E-state index in [1.807, 2.05) is 18.3 Å². The smallest absolute Gasteiger partial charge is 0.162 e. The van der Waals surface area contributed by atoms with Gasteiger partial charge in [0.2, 0.25) is 0 Å². The molecule has 1 aliphatic rings. The molecule has 0 atom stereocenters. The molecule has 0 saturated carbocycles. The van der Waals surface area contributed by atoms with Crippen molar-refractivity contribution in [2.45, 2.75) is 12.8 Å². The van der Waals surface area contributed by atoms with Gasteiger partial charge in [-0.15, -0.1) is 0 Å². The number of nitrogens with zero attached hydrogens (tertiary/aromatic N) is 2. The van der Waals surface area contributed by atoms with E-state index in [4.69, 9.17) is 9.47 Å². The lowest BCUT2D eigenvalue weighted by Gasteiger charge is -2.20. The van der Waals surface area contributed by atoms with Crippen molar-refractivity contribution in [1.82, 2.24) is 4.98 Å². The zero-order valence-corrected chi connectivity index (χ0v) is 11.3. The zero-order valence-electron chi connectivity index (χ0n) is 11.3. The van der Waals surface area contributed by atoms with E-state index in [0.717, 1.165) is 35.5 Å². The van der Waals surface area contributed by atoms with E-state index in [-0.39, 0.29) is 0 Å². The average molecular weight is 258 g/mol. The largest absolute Gasteiger partial charge is 0.493 e. The quantitative estimate of drug-likeness (QED) is 0.848. The Hall–Kier alpha value is -1.97. The van der Waals surface area contributed by atoms with Gasteiger partial charge in [0.05, 0.1) is 19.7 Å². The molecule has 0 bridgehead atoms. The lowest BCUT2D eigenvalue weighted by atomic mass is 10.1. The van der Waals surface area contributed by atoms with Crippen molar-refractivity contribution < 1.29 is 9.47 Å². The van der Waals surface area contributed by atoms with Gasteiger partial charge in [0.15, 0.2) is 11.5 Å². The summed E-state index contributed by atoms with van der Waals surface area (Å²) < 4.78 is 10.7. The highest BCUT2D eigenvalue weighted by molar-refractivity contribution is 5.94. The third kappa shape index (κ3) is 2.07. The molecule has 1 fully saturated rings. The average Bonchev–Trinajstić information content (AvgIpc) is 2.99. The van der Waals surface area contributed by atoms with Crippen LogP contribution in [0, 0.1) is 0 Å². The summed E-state index contributed by atoms with van der Waals surface area (Å²) in [6.45, 7) is 2.24. The van der Waals surface area contributed by atoms with Gasteiger partial charge < -0.3 is 14.4 Å². The molecule has 0 radical (unpaired) electrons. The Kier molecular flexibility index (Phi) is 3.15. The molecule has 0 aliphatic carbocycles. The number of aromatic nitrogens is 1. The van der Waals surface area contributed by atoms with Crippen LogP contribution >= 0.6 is 0 Å². The molecule has 4 nitrogen and oxygen atoms in total. The molecule has 2 aromatic rings. The van der Waals surface area contributed by atoms with E-state index >= 15 is 0 Å². The molecule has 1 aromatic heterocycles. The minimum Gasteiger partial charge on any atom is -0.493 e. The number of anilines is 1. The summed E-state index contributed by atoms with van der Waals surface area (Å²) in [6.07, 6.45) is 4.39. The van der Waals surface area contributed by atoms with E-state index in [0.29, 0.717) is 0 Å². The summed E-state index contributed by atoms with van der Waals surface area (Å²) in [7, 11) is 3.31. The molecule has 0 unspecified atom stereocenters. The first-order chi connectivity index (χ1) is 9.33. The van der Waals surface area contributed by atoms with Gasteiger partial charge in [-0.25, -0.2) is 0 Å². The summed E-state index contributed by atoms with van der Waals surface area (Å²) in [5, 5.41) is 1.13. The minimum absolute atomic E-state index is 0.723. The highest BCUT2D eigenvalue weighted by Gasteiger charge is 2.16. The maximum absolute atomic E-state index is 5.39. The van der Waals surface area contributed by atoms with Gasteiger partial charge >= 0.3 is 0 Å². The number of benzene rings is 1. The predicted molar refractivity (Wildman–Crippen MR) is 76.3 cm³/mol. The molecule has 0 spiro atoms. The van der Waals surface area contributed by atoms with E-state index in [9.17, 15) is 0 Å². The first-order valence-corrected chi connectivity index (χ1v) is 6.59. The van der Waals surface area contributed by atoms with E-state index in [1.54, 1.807) is 14.2 Å². The molecular weight excluding hydrogens is 240 g/mol. The number of rotatable bonds is 3. The highest BCUT2D eigenvalue weighted by Crippen LogP contribution is 2.36. The molecule has 0 amide bonds. The third-order valence-electron chi connectivity index (χ3n) is 3.67. The number of hydrogen-bond acceptors (Lipinski definition) is 4. The number of hydrogen-bond donors (Lipinski definition) is 0. The van der Waals surface area contributed by atoms with Gasteiger partial charge in [0.1, 0.15) is 0 Å². The fraction of sp³-hybridized carbons (Fsp3) is 0.400. The Balaban J connectivity index is 2.17. The van der Waals surface area contributed by atoms with Crippen molar-refractivity contribution in [3.63, 3.8) is 0 Å². The standard InChI is InChI=1S/C15H18N2O2/c1-18-14-9-11-12(10-15(14)19-2)16-6-5-13(11)17-7-3-4-8-17/h5-6,9-10H,3-4,7-8H2,1-2H3. The molecule has 3 rings (SSSR count). The maximum atomic E-state index is 5.39. The monoisotopic (exact) mass is 258 g/mol. The Morgan fingerprint density at radius 1 is 1.05 bits per heavy atom. The lowest BCUT2D eigenvalue weighted by molar-refractivity contribution is 0.356. The second kappa shape index (κ2) is 4.96. The molecule has 1 saturated heterocycles. The van der Waals surface area contributed by atoms with Crippen LogP contribution in [0.2, 0.25) is 0 Å². The molecule has 1 aromatic carbocycles. The Bertz CT molecular complexity index is 592. The summed E-state index contributed by atoms with van der Waals surface area (Å²) in [4.78, 5) is 6.85. The van der Waals surface area contributed by atoms with Gasteiger partial charge in [-0.2, -0.15) is 0 Å². The summed E-state index contributed by atoms with van der Waals surface area (Å²) in [5.41, 5.74) is 2.19. The van der Waals surface area contributed by atoms with E-state index in [2.05, 4.69) is 16.0 Å². The van der Waals surface area contributed by atoms with Crippen LogP contribution in [-0.2, 0) is 0 Å². The second-order valence-corrected chi connectivity index (χ2v) is 4.75. The minimum atomic E-state index is 0.723. The van der Waals surface area contributed by atoms with E-state index < -0.39 is 0 Å². The van der Waals surface area contributed by atoms with Gasteiger partial charge in [-0.3, -0.25) is 4.98 Å². The van der Waals surface area contributed by atoms with Crippen LogP contribution in [0.4, 0.5) is 5.69 Å². The lowest BCUT2D eigenvalue weighted by Crippen LogP contribution is -2.17. The van der Waals surface area contributed by atoms with Crippen LogP contribution in [0.15, 0.2) is 24.4 Å². The van der Waals surface area contributed by atoms with Crippen molar-refractivity contribution >= 4 is 16.6 Å². The van der Waals surface area contributed by atoms with Crippen molar-refractivity contribution in [3.8, 4) is 11.5 Å². The molecule has 1 aliphatic heterocycles. The van der Waals surface area contributed by atoms with Crippen LogP contribution in [0.3, 0.4) is 0 Å². The zero-order chi connectivity index (χ0) is 13.2. The van der Waals surface area contributed by atoms with Crippen LogP contribution in [0.1, 0.15) is 12.8 Å². The summed E-state index contributed by atoms with van der Waals surface area (Å²) in [5.74, 6) is 1.48. The highest BCUT2D eigenvalue weighted by atomic mass is 16.5. The molecule has 0 N–H and O–H groups in total. The number of methoxy groups -OCH3 is 2. The van der Waals surface area contributed by atoms with Gasteiger partial charge in [-0.05, 0) is 25.0 Å². The van der Waals surface area contributed by atoms with Crippen molar-refractivity contribution in [3.05, 3.63) is 24.4 Å². The normalized spacial score (nSPS) is 14.9. The van der Waals surface area contributed by atoms with Crippen LogP contribution < -0.4 is 14.4 Å². The first kappa shape index (κ1) is 12.1. The van der Waals surface area contributed by atoms with Crippen molar-refractivity contribution in [1.29, 1.82) is 0 Å². The Labute approximate surface area is 113 Å². The molecular formula is C15H18N2O2. The van der Waals surface area contributed by atoms with Gasteiger partial charge in [-0.1, -0.05) is 0 Å². The summed E-state index contributed by atoms with van der Waals surface area (Å²) in [6, 6.07) is 6.04. The number of fused-ring (bicyclic) bond motifs is 1. The Morgan fingerprint density at radius 2 is 1.74 bits per heavy atom. The molecule has 4 heteroatoms. The van der Waals surface area contributed by atoms with E-state index in [1.165, 1.54) is 18.5 Å². The van der Waals surface area contributed by atoms with Crippen LogP contribution in [0.25, 0.3) is 10.9 Å². The first-order valence-electron chi connectivity index (χ1n) is 6.59. The Morgan fingerprint density at radius 3 is 2.42 bits per heavy atom. The molecule has 19 heavy (non-hydrogen) atoms. The third-order valence-corrected chi connectivity index (χ3v) is 3.67. The molecule has 2 heterocycles. The fourth-order valence-electron chi connectivity index (χ4n) is 2.69.